The van der Waals surface area contributed by atoms with E-state index in [1.54, 1.807) is 11.9 Å². The molecule has 3 rings (SSSR count). The van der Waals surface area contributed by atoms with Gasteiger partial charge in [-0.05, 0) is 30.4 Å². The Hall–Kier alpha value is -3.16. The molecule has 142 valence electrons. The molecule has 0 fully saturated rings. The van der Waals surface area contributed by atoms with Gasteiger partial charge in [0.05, 0.1) is 6.04 Å². The van der Waals surface area contributed by atoms with Gasteiger partial charge < -0.3 is 9.64 Å². The number of carbonyl (C=O) groups excluding carboxylic acids is 2. The second kappa shape index (κ2) is 8.03. The van der Waals surface area contributed by atoms with E-state index < -0.39 is 23.8 Å². The van der Waals surface area contributed by atoms with Gasteiger partial charge in [0.1, 0.15) is 6.54 Å². The van der Waals surface area contributed by atoms with E-state index in [1.807, 2.05) is 23.2 Å². The zero-order chi connectivity index (χ0) is 19.4. The van der Waals surface area contributed by atoms with Crippen molar-refractivity contribution in [3.63, 3.8) is 0 Å². The fraction of sp³-hybridized carbons (Fsp3) is 0.368. The Balaban J connectivity index is 1.58. The predicted octanol–water partition coefficient (Wildman–Crippen LogP) is 0.616. The highest BCUT2D eigenvalue weighted by Crippen LogP contribution is 2.33. The van der Waals surface area contributed by atoms with E-state index in [4.69, 9.17) is 4.74 Å². The summed E-state index contributed by atoms with van der Waals surface area (Å²) >= 11 is 0. The summed E-state index contributed by atoms with van der Waals surface area (Å²) in [6.45, 7) is -0.773. The zero-order valence-corrected chi connectivity index (χ0v) is 15.0. The minimum Gasteiger partial charge on any atom is -0.454 e. The van der Waals surface area contributed by atoms with Crippen LogP contribution in [0.3, 0.4) is 0 Å². The molecule has 1 heterocycles. The molecule has 0 saturated heterocycles. The highest BCUT2D eigenvalue weighted by atomic mass is 16.5. The number of hydrogen-bond acceptors (Lipinski definition) is 5. The van der Waals surface area contributed by atoms with Gasteiger partial charge in [-0.1, -0.05) is 24.3 Å². The number of aromatic nitrogens is 2. The lowest BCUT2D eigenvalue weighted by molar-refractivity contribution is -0.153. The van der Waals surface area contributed by atoms with Crippen molar-refractivity contribution < 1.29 is 14.3 Å². The summed E-state index contributed by atoms with van der Waals surface area (Å²) < 4.78 is 6.02. The summed E-state index contributed by atoms with van der Waals surface area (Å²) in [4.78, 5) is 50.6. The standard InChI is InChI=1S/C19H21N3O5/c1-21(15-8-4-6-13-5-2-3-7-14(13)15)17(24)12-27-18(25)11-22-10-9-16(23)20-19(22)26/h2-3,5,7,9-10,15H,4,6,8,11-12H2,1H3,(H,20,23,26)/t15-/m1/s1. The smallest absolute Gasteiger partial charge is 0.328 e. The van der Waals surface area contributed by atoms with E-state index in [2.05, 4.69) is 6.07 Å². The van der Waals surface area contributed by atoms with Crippen molar-refractivity contribution in [3.05, 3.63) is 68.5 Å². The van der Waals surface area contributed by atoms with E-state index in [-0.39, 0.29) is 18.5 Å². The van der Waals surface area contributed by atoms with Crippen LogP contribution in [0.4, 0.5) is 0 Å². The van der Waals surface area contributed by atoms with Crippen LogP contribution in [0.25, 0.3) is 0 Å². The fourth-order valence-electron chi connectivity index (χ4n) is 3.30. The molecule has 1 aliphatic rings. The van der Waals surface area contributed by atoms with Crippen LogP contribution in [0.2, 0.25) is 0 Å². The van der Waals surface area contributed by atoms with Crippen LogP contribution in [0, 0.1) is 0 Å². The summed E-state index contributed by atoms with van der Waals surface area (Å²) in [7, 11) is 1.70. The van der Waals surface area contributed by atoms with Gasteiger partial charge in [0.2, 0.25) is 0 Å². The molecule has 0 unspecified atom stereocenters. The summed E-state index contributed by atoms with van der Waals surface area (Å²) in [5.74, 6) is -1.03. The second-order valence-corrected chi connectivity index (χ2v) is 6.51. The largest absolute Gasteiger partial charge is 0.454 e. The number of aromatic amines is 1. The van der Waals surface area contributed by atoms with Gasteiger partial charge in [-0.25, -0.2) is 4.79 Å². The summed E-state index contributed by atoms with van der Waals surface area (Å²) in [6.07, 6.45) is 4.06. The van der Waals surface area contributed by atoms with Crippen LogP contribution in [0.1, 0.15) is 30.0 Å². The van der Waals surface area contributed by atoms with Crippen LogP contribution in [0.5, 0.6) is 0 Å². The van der Waals surface area contributed by atoms with Gasteiger partial charge in [0.15, 0.2) is 6.61 Å². The minimum absolute atomic E-state index is 0.0389. The highest BCUT2D eigenvalue weighted by molar-refractivity contribution is 5.80. The van der Waals surface area contributed by atoms with Crippen LogP contribution in [-0.2, 0) is 27.3 Å². The van der Waals surface area contributed by atoms with Crippen molar-refractivity contribution >= 4 is 11.9 Å². The number of likely N-dealkylation sites (N-methyl/N-ethyl adjacent to an activating group) is 1. The molecule has 1 aliphatic carbocycles. The Kier molecular flexibility index (Phi) is 5.54. The number of amides is 1. The lowest BCUT2D eigenvalue weighted by Gasteiger charge is -2.33. The first-order chi connectivity index (χ1) is 13.0. The predicted molar refractivity (Wildman–Crippen MR) is 97.2 cm³/mol. The molecule has 27 heavy (non-hydrogen) atoms. The first-order valence-corrected chi connectivity index (χ1v) is 8.74. The molecule has 2 aromatic rings. The molecule has 0 bridgehead atoms. The number of esters is 1. The van der Waals surface area contributed by atoms with Crippen molar-refractivity contribution in [2.75, 3.05) is 13.7 Å². The Morgan fingerprint density at radius 2 is 2.04 bits per heavy atom. The maximum atomic E-state index is 12.5. The molecule has 0 radical (unpaired) electrons. The number of nitrogens with zero attached hydrogens (tertiary/aromatic N) is 2. The van der Waals surface area contributed by atoms with Crippen LogP contribution in [-0.4, -0.2) is 40.0 Å². The highest BCUT2D eigenvalue weighted by Gasteiger charge is 2.26. The molecule has 8 heteroatoms. The molecule has 0 saturated carbocycles. The minimum atomic E-state index is -0.727. The molecule has 1 amide bonds. The van der Waals surface area contributed by atoms with Gasteiger partial charge in [-0.2, -0.15) is 0 Å². The number of rotatable bonds is 5. The van der Waals surface area contributed by atoms with E-state index in [9.17, 15) is 19.2 Å². The summed E-state index contributed by atoms with van der Waals surface area (Å²) in [5, 5.41) is 0. The summed E-state index contributed by atoms with van der Waals surface area (Å²) in [5.41, 5.74) is 1.12. The van der Waals surface area contributed by atoms with Crippen molar-refractivity contribution in [1.29, 1.82) is 0 Å². The Morgan fingerprint density at radius 3 is 2.81 bits per heavy atom. The molecule has 8 nitrogen and oxygen atoms in total. The van der Waals surface area contributed by atoms with Crippen molar-refractivity contribution in [2.45, 2.75) is 31.8 Å². The first-order valence-electron chi connectivity index (χ1n) is 8.74. The van der Waals surface area contributed by atoms with E-state index in [1.165, 1.54) is 11.8 Å². The normalized spacial score (nSPS) is 15.7. The number of H-pyrrole nitrogens is 1. The Labute approximate surface area is 155 Å². The maximum absolute atomic E-state index is 12.5. The molecule has 0 aliphatic heterocycles. The Morgan fingerprint density at radius 1 is 1.26 bits per heavy atom. The van der Waals surface area contributed by atoms with Crippen molar-refractivity contribution in [2.24, 2.45) is 0 Å². The monoisotopic (exact) mass is 371 g/mol. The molecule has 1 atom stereocenters. The number of nitrogens with one attached hydrogen (secondary N) is 1. The topological polar surface area (TPSA) is 101 Å². The molecule has 1 aromatic heterocycles. The van der Waals surface area contributed by atoms with Crippen LogP contribution >= 0.6 is 0 Å². The van der Waals surface area contributed by atoms with Crippen LogP contribution < -0.4 is 11.2 Å². The Bertz CT molecular complexity index is 962. The van der Waals surface area contributed by atoms with Crippen molar-refractivity contribution in [1.82, 2.24) is 14.5 Å². The molecular formula is C19H21N3O5. The lowest BCUT2D eigenvalue weighted by Crippen LogP contribution is -2.37. The quantitative estimate of drug-likeness (QED) is 0.776. The SMILES string of the molecule is CN(C(=O)COC(=O)Cn1ccc(=O)[nH]c1=O)[C@@H]1CCCc2ccccc21. The maximum Gasteiger partial charge on any atom is 0.328 e. The first kappa shape index (κ1) is 18.6. The third-order valence-corrected chi connectivity index (χ3v) is 4.75. The third kappa shape index (κ3) is 4.33. The number of ether oxygens (including phenoxy) is 1. The van der Waals surface area contributed by atoms with E-state index >= 15 is 0 Å². The molecule has 0 spiro atoms. The van der Waals surface area contributed by atoms with Gasteiger partial charge in [0.25, 0.3) is 11.5 Å². The lowest BCUT2D eigenvalue weighted by atomic mass is 9.87. The molecule has 1 N–H and O–H groups in total. The van der Waals surface area contributed by atoms with Crippen LogP contribution in [0.15, 0.2) is 46.1 Å². The van der Waals surface area contributed by atoms with Gasteiger partial charge in [0, 0.05) is 19.3 Å². The van der Waals surface area contributed by atoms with Crippen molar-refractivity contribution in [3.8, 4) is 0 Å². The summed E-state index contributed by atoms with van der Waals surface area (Å²) in [6, 6.07) is 9.14. The van der Waals surface area contributed by atoms with Gasteiger partial charge in [-0.3, -0.25) is 23.9 Å². The second-order valence-electron chi connectivity index (χ2n) is 6.51. The van der Waals surface area contributed by atoms with Gasteiger partial charge in [-0.15, -0.1) is 0 Å². The zero-order valence-electron chi connectivity index (χ0n) is 15.0. The number of carbonyl (C=O) groups is 2. The molecule has 1 aromatic carbocycles. The fourth-order valence-corrected chi connectivity index (χ4v) is 3.30. The van der Waals surface area contributed by atoms with E-state index in [0.29, 0.717) is 0 Å². The average Bonchev–Trinajstić information content (AvgIpc) is 2.67. The average molecular weight is 371 g/mol. The number of benzene rings is 1. The third-order valence-electron chi connectivity index (χ3n) is 4.75. The number of aryl methyl sites for hydroxylation is 1. The van der Waals surface area contributed by atoms with Gasteiger partial charge >= 0.3 is 11.7 Å². The molecular weight excluding hydrogens is 350 g/mol. The number of hydrogen-bond donors (Lipinski definition) is 1. The van der Waals surface area contributed by atoms with E-state index in [0.717, 1.165) is 35.5 Å². The number of fused-ring (bicyclic) bond motifs is 1.